The molecule has 2 aromatic rings. The van der Waals surface area contributed by atoms with Crippen molar-refractivity contribution in [2.24, 2.45) is 0 Å². The number of ether oxygens (including phenoxy) is 1. The minimum atomic E-state index is -0.491. The number of amides is 2. The van der Waals surface area contributed by atoms with E-state index in [-0.39, 0.29) is 12.5 Å². The molecule has 0 radical (unpaired) electrons. The van der Waals surface area contributed by atoms with Crippen LogP contribution in [0.25, 0.3) is 0 Å². The Morgan fingerprint density at radius 2 is 1.75 bits per heavy atom. The summed E-state index contributed by atoms with van der Waals surface area (Å²) >= 11 is 3.29. The van der Waals surface area contributed by atoms with E-state index in [9.17, 15) is 14.4 Å². The van der Waals surface area contributed by atoms with Gasteiger partial charge in [0.05, 0.1) is 19.2 Å². The molecule has 2 rings (SSSR count). The summed E-state index contributed by atoms with van der Waals surface area (Å²) in [5.41, 5.74) is 1.23. The molecule has 0 aliphatic heterocycles. The normalized spacial score (nSPS) is 9.92. The van der Waals surface area contributed by atoms with E-state index in [0.29, 0.717) is 16.8 Å². The highest BCUT2D eigenvalue weighted by Gasteiger charge is 2.10. The van der Waals surface area contributed by atoms with Gasteiger partial charge in [-0.05, 0) is 42.5 Å². The monoisotopic (exact) mass is 390 g/mol. The zero-order valence-corrected chi connectivity index (χ0v) is 14.4. The maximum atomic E-state index is 11.9. The van der Waals surface area contributed by atoms with Crippen LogP contribution in [0.4, 0.5) is 5.69 Å². The van der Waals surface area contributed by atoms with Crippen molar-refractivity contribution in [1.29, 1.82) is 0 Å². The van der Waals surface area contributed by atoms with Gasteiger partial charge in [0.2, 0.25) is 5.91 Å². The number of hydrogen-bond acceptors (Lipinski definition) is 4. The van der Waals surface area contributed by atoms with Gasteiger partial charge in [-0.15, -0.1) is 0 Å². The molecule has 0 aliphatic rings. The zero-order valence-electron chi connectivity index (χ0n) is 12.8. The lowest BCUT2D eigenvalue weighted by molar-refractivity contribution is -0.115. The number of benzene rings is 2. The van der Waals surface area contributed by atoms with E-state index in [1.54, 1.807) is 42.5 Å². The van der Waals surface area contributed by atoms with Gasteiger partial charge in [0.15, 0.2) is 0 Å². The van der Waals surface area contributed by atoms with Crippen LogP contribution in [0.5, 0.6) is 0 Å². The molecule has 2 N–H and O–H groups in total. The van der Waals surface area contributed by atoms with Crippen molar-refractivity contribution < 1.29 is 19.1 Å². The number of esters is 1. The molecule has 0 saturated heterocycles. The number of carbonyl (C=O) groups excluding carboxylic acids is 3. The molecular weight excluding hydrogens is 376 g/mol. The molecule has 0 aliphatic carbocycles. The molecular formula is C17H15BrN2O4. The number of rotatable bonds is 5. The zero-order chi connectivity index (χ0) is 17.5. The van der Waals surface area contributed by atoms with Crippen LogP contribution in [0.1, 0.15) is 20.7 Å². The lowest BCUT2D eigenvalue weighted by Crippen LogP contribution is -2.32. The van der Waals surface area contributed by atoms with Crippen LogP contribution >= 0.6 is 15.9 Å². The standard InChI is InChI=1S/C17H15BrN2O4/c1-24-17(23)12-3-2-4-14(9-12)20-15(21)10-19-16(22)11-5-7-13(18)8-6-11/h2-9H,10H2,1H3,(H,19,22)(H,20,21). The van der Waals surface area contributed by atoms with Crippen molar-refractivity contribution in [2.45, 2.75) is 0 Å². The Morgan fingerprint density at radius 1 is 1.04 bits per heavy atom. The molecule has 0 fully saturated rings. The topological polar surface area (TPSA) is 84.5 Å². The molecule has 2 amide bonds. The number of hydrogen-bond donors (Lipinski definition) is 2. The Morgan fingerprint density at radius 3 is 2.42 bits per heavy atom. The van der Waals surface area contributed by atoms with E-state index >= 15 is 0 Å². The Kier molecular flexibility index (Phi) is 6.08. The molecule has 0 saturated carbocycles. The van der Waals surface area contributed by atoms with E-state index < -0.39 is 11.9 Å². The van der Waals surface area contributed by atoms with Crippen molar-refractivity contribution in [1.82, 2.24) is 5.32 Å². The number of carbonyl (C=O) groups is 3. The smallest absolute Gasteiger partial charge is 0.337 e. The fraction of sp³-hybridized carbons (Fsp3) is 0.118. The first-order valence-corrected chi connectivity index (χ1v) is 7.81. The van der Waals surface area contributed by atoms with Crippen LogP contribution in [0.2, 0.25) is 0 Å². The van der Waals surface area contributed by atoms with E-state index in [0.717, 1.165) is 4.47 Å². The van der Waals surface area contributed by atoms with Crippen LogP contribution in [0, 0.1) is 0 Å². The fourth-order valence-corrected chi connectivity index (χ4v) is 2.18. The Bertz CT molecular complexity index is 759. The van der Waals surface area contributed by atoms with Gasteiger partial charge >= 0.3 is 5.97 Å². The summed E-state index contributed by atoms with van der Waals surface area (Å²) in [5, 5.41) is 5.14. The van der Waals surface area contributed by atoms with Crippen LogP contribution in [0.3, 0.4) is 0 Å². The molecule has 124 valence electrons. The second kappa shape index (κ2) is 8.26. The van der Waals surface area contributed by atoms with Crippen LogP contribution in [0.15, 0.2) is 53.0 Å². The van der Waals surface area contributed by atoms with Gasteiger partial charge in [-0.25, -0.2) is 4.79 Å². The lowest BCUT2D eigenvalue weighted by Gasteiger charge is -2.08. The fourth-order valence-electron chi connectivity index (χ4n) is 1.91. The first-order chi connectivity index (χ1) is 11.5. The Hall–Kier alpha value is -2.67. The largest absolute Gasteiger partial charge is 0.465 e. The Labute approximate surface area is 147 Å². The van der Waals surface area contributed by atoms with Gasteiger partial charge in [0.25, 0.3) is 5.91 Å². The van der Waals surface area contributed by atoms with E-state index in [1.807, 2.05) is 0 Å². The molecule has 7 heteroatoms. The molecule has 6 nitrogen and oxygen atoms in total. The molecule has 0 bridgehead atoms. The molecule has 0 unspecified atom stereocenters. The summed E-state index contributed by atoms with van der Waals surface area (Å²) in [7, 11) is 1.28. The minimum Gasteiger partial charge on any atom is -0.465 e. The Balaban J connectivity index is 1.90. The highest BCUT2D eigenvalue weighted by Crippen LogP contribution is 2.12. The first kappa shape index (κ1) is 17.7. The van der Waals surface area contributed by atoms with Gasteiger partial charge in [-0.1, -0.05) is 22.0 Å². The molecule has 0 atom stereocenters. The van der Waals surface area contributed by atoms with Crippen LogP contribution < -0.4 is 10.6 Å². The number of methoxy groups -OCH3 is 1. The predicted octanol–water partition coefficient (Wildman–Crippen LogP) is 2.60. The minimum absolute atomic E-state index is 0.183. The SMILES string of the molecule is COC(=O)c1cccc(NC(=O)CNC(=O)c2ccc(Br)cc2)c1. The van der Waals surface area contributed by atoms with Crippen molar-refractivity contribution >= 4 is 39.4 Å². The summed E-state index contributed by atoms with van der Waals surface area (Å²) in [6, 6.07) is 13.1. The third-order valence-corrected chi connectivity index (χ3v) is 3.61. The lowest BCUT2D eigenvalue weighted by atomic mass is 10.2. The van der Waals surface area contributed by atoms with Gasteiger partial charge < -0.3 is 15.4 Å². The third-order valence-electron chi connectivity index (χ3n) is 3.08. The van der Waals surface area contributed by atoms with Crippen LogP contribution in [-0.4, -0.2) is 31.4 Å². The van der Waals surface area contributed by atoms with Gasteiger partial charge in [0.1, 0.15) is 0 Å². The average molecular weight is 391 g/mol. The van der Waals surface area contributed by atoms with Gasteiger partial charge in [-0.2, -0.15) is 0 Å². The van der Waals surface area contributed by atoms with Gasteiger partial charge in [0, 0.05) is 15.7 Å². The summed E-state index contributed by atoms with van der Waals surface area (Å²) in [6.45, 7) is -0.183. The third kappa shape index (κ3) is 4.92. The van der Waals surface area contributed by atoms with Crippen molar-refractivity contribution in [3.63, 3.8) is 0 Å². The van der Waals surface area contributed by atoms with E-state index in [4.69, 9.17) is 0 Å². The highest BCUT2D eigenvalue weighted by atomic mass is 79.9. The van der Waals surface area contributed by atoms with Crippen molar-refractivity contribution in [3.8, 4) is 0 Å². The molecule has 0 aromatic heterocycles. The summed E-state index contributed by atoms with van der Waals surface area (Å²) in [5.74, 6) is -1.24. The second-order valence-corrected chi connectivity index (χ2v) is 5.73. The molecule has 0 heterocycles. The summed E-state index contributed by atoms with van der Waals surface area (Å²) < 4.78 is 5.48. The van der Waals surface area contributed by atoms with Crippen molar-refractivity contribution in [3.05, 3.63) is 64.1 Å². The maximum absolute atomic E-state index is 11.9. The number of halogens is 1. The first-order valence-electron chi connectivity index (χ1n) is 7.01. The van der Waals surface area contributed by atoms with Crippen molar-refractivity contribution in [2.75, 3.05) is 19.0 Å². The predicted molar refractivity (Wildman–Crippen MR) is 92.9 cm³/mol. The molecule has 24 heavy (non-hydrogen) atoms. The molecule has 0 spiro atoms. The van der Waals surface area contributed by atoms with Gasteiger partial charge in [-0.3, -0.25) is 9.59 Å². The average Bonchev–Trinajstić information content (AvgIpc) is 2.59. The number of anilines is 1. The molecule has 2 aromatic carbocycles. The van der Waals surface area contributed by atoms with E-state index in [1.165, 1.54) is 13.2 Å². The maximum Gasteiger partial charge on any atom is 0.337 e. The quantitative estimate of drug-likeness (QED) is 0.768. The number of nitrogens with one attached hydrogen (secondary N) is 2. The highest BCUT2D eigenvalue weighted by molar-refractivity contribution is 9.10. The summed E-state index contributed by atoms with van der Waals surface area (Å²) in [6.07, 6.45) is 0. The second-order valence-electron chi connectivity index (χ2n) is 4.81. The van der Waals surface area contributed by atoms with E-state index in [2.05, 4.69) is 31.3 Å². The summed E-state index contributed by atoms with van der Waals surface area (Å²) in [4.78, 5) is 35.3. The van der Waals surface area contributed by atoms with Crippen LogP contribution in [-0.2, 0) is 9.53 Å².